The second-order valence-corrected chi connectivity index (χ2v) is 7.74. The van der Waals surface area contributed by atoms with E-state index in [2.05, 4.69) is 63.1 Å². The van der Waals surface area contributed by atoms with Crippen LogP contribution in [0.3, 0.4) is 0 Å². The predicted octanol–water partition coefficient (Wildman–Crippen LogP) is 4.38. The fourth-order valence-electron chi connectivity index (χ4n) is 3.15. The lowest BCUT2D eigenvalue weighted by Crippen LogP contribution is -2.03. The van der Waals surface area contributed by atoms with Gasteiger partial charge in [-0.05, 0) is 30.4 Å². The Morgan fingerprint density at radius 3 is 2.25 bits per heavy atom. The quantitative estimate of drug-likeness (QED) is 0.275. The molecule has 0 aliphatic heterocycles. The van der Waals surface area contributed by atoms with Crippen LogP contribution in [-0.2, 0) is 19.4 Å². The number of hydrogen-bond acceptors (Lipinski definition) is 5. The average molecular weight is 390 g/mol. The molecule has 0 fully saturated rings. The fourth-order valence-corrected chi connectivity index (χ4v) is 3.94. The number of aromatic nitrogens is 4. The van der Waals surface area contributed by atoms with Gasteiger partial charge in [-0.3, -0.25) is 0 Å². The van der Waals surface area contributed by atoms with Crippen LogP contribution in [-0.4, -0.2) is 25.3 Å². The van der Waals surface area contributed by atoms with Gasteiger partial charge in [0.25, 0.3) is 0 Å². The third kappa shape index (κ3) is 4.51. The molecule has 0 amide bonds. The molecule has 4 aromatic rings. The summed E-state index contributed by atoms with van der Waals surface area (Å²) in [6, 6.07) is 21.0. The summed E-state index contributed by atoms with van der Waals surface area (Å²) in [4.78, 5) is 13.6. The van der Waals surface area contributed by atoms with E-state index in [-0.39, 0.29) is 0 Å². The first-order valence-electron chi connectivity index (χ1n) is 9.48. The molecule has 2 aromatic carbocycles. The van der Waals surface area contributed by atoms with Crippen molar-refractivity contribution in [2.24, 2.45) is 0 Å². The summed E-state index contributed by atoms with van der Waals surface area (Å²) in [6.07, 6.45) is 4.86. The Bertz CT molecular complexity index is 1030. The van der Waals surface area contributed by atoms with E-state index in [0.717, 1.165) is 42.4 Å². The summed E-state index contributed by atoms with van der Waals surface area (Å²) < 4.78 is 2.06. The molecule has 2 heterocycles. The van der Waals surface area contributed by atoms with Crippen molar-refractivity contribution < 1.29 is 0 Å². The van der Waals surface area contributed by atoms with Gasteiger partial charge in [-0.1, -0.05) is 72.4 Å². The number of benzene rings is 2. The van der Waals surface area contributed by atoms with Crippen molar-refractivity contribution >= 4 is 28.7 Å². The van der Waals surface area contributed by atoms with Crippen molar-refractivity contribution in [1.82, 2.24) is 19.5 Å². The van der Waals surface area contributed by atoms with Gasteiger partial charge in [0.05, 0.1) is 6.33 Å². The molecule has 0 unspecified atom stereocenters. The maximum Gasteiger partial charge on any atom is 0.191 e. The monoisotopic (exact) mass is 389 g/mol. The molecule has 28 heavy (non-hydrogen) atoms. The third-order valence-electron chi connectivity index (χ3n) is 4.64. The molecule has 2 aromatic heterocycles. The Labute approximate surface area is 169 Å². The number of nitrogens with two attached hydrogens (primary N) is 1. The summed E-state index contributed by atoms with van der Waals surface area (Å²) in [6.45, 7) is 0.815. The van der Waals surface area contributed by atoms with Crippen LogP contribution in [0.2, 0.25) is 0 Å². The first-order chi connectivity index (χ1) is 13.8. The minimum atomic E-state index is 0.453. The van der Waals surface area contributed by atoms with E-state index < -0.39 is 0 Å². The second-order valence-electron chi connectivity index (χ2n) is 6.67. The van der Waals surface area contributed by atoms with Crippen molar-refractivity contribution in [3.8, 4) is 0 Å². The Kier molecular flexibility index (Phi) is 5.87. The molecular weight excluding hydrogens is 366 g/mol. The molecule has 0 radical (unpaired) electrons. The molecule has 0 aliphatic carbocycles. The van der Waals surface area contributed by atoms with Gasteiger partial charge in [-0.2, -0.15) is 0 Å². The van der Waals surface area contributed by atoms with Crippen molar-refractivity contribution in [3.05, 3.63) is 78.1 Å². The number of rotatable bonds is 8. The Balaban J connectivity index is 1.41. The van der Waals surface area contributed by atoms with E-state index in [4.69, 9.17) is 10.7 Å². The van der Waals surface area contributed by atoms with Crippen LogP contribution in [0, 0.1) is 0 Å². The number of nitrogens with zero attached hydrogens (tertiary/aromatic N) is 4. The topological polar surface area (TPSA) is 69.6 Å². The van der Waals surface area contributed by atoms with Gasteiger partial charge in [0, 0.05) is 12.3 Å². The van der Waals surface area contributed by atoms with E-state index in [1.807, 2.05) is 18.5 Å². The van der Waals surface area contributed by atoms with Gasteiger partial charge in [0.2, 0.25) is 0 Å². The van der Waals surface area contributed by atoms with Crippen LogP contribution in [0.15, 0.2) is 72.1 Å². The van der Waals surface area contributed by atoms with Gasteiger partial charge >= 0.3 is 0 Å². The van der Waals surface area contributed by atoms with E-state index in [1.54, 1.807) is 11.8 Å². The Hall–Kier alpha value is -2.86. The first kappa shape index (κ1) is 18.5. The summed E-state index contributed by atoms with van der Waals surface area (Å²) >= 11 is 1.65. The van der Waals surface area contributed by atoms with Crippen LogP contribution in [0.4, 0.5) is 5.82 Å². The number of thioether (sulfide) groups is 1. The molecule has 6 heteroatoms. The number of hydrogen-bond donors (Lipinski definition) is 1. The zero-order chi connectivity index (χ0) is 19.2. The molecule has 0 atom stereocenters. The predicted molar refractivity (Wildman–Crippen MR) is 115 cm³/mol. The van der Waals surface area contributed by atoms with Crippen LogP contribution in [0.1, 0.15) is 17.5 Å². The van der Waals surface area contributed by atoms with Gasteiger partial charge < -0.3 is 10.3 Å². The van der Waals surface area contributed by atoms with E-state index in [9.17, 15) is 0 Å². The summed E-state index contributed by atoms with van der Waals surface area (Å²) in [5.74, 6) is 1.41. The zero-order valence-corrected chi connectivity index (χ0v) is 16.5. The second kappa shape index (κ2) is 8.89. The summed E-state index contributed by atoms with van der Waals surface area (Å²) in [5, 5.41) is 0.722. The molecule has 0 bridgehead atoms. The highest BCUT2D eigenvalue weighted by Crippen LogP contribution is 2.22. The molecule has 142 valence electrons. The molecule has 4 rings (SSSR count). The van der Waals surface area contributed by atoms with Gasteiger partial charge in [0.15, 0.2) is 16.6 Å². The number of imidazole rings is 1. The van der Waals surface area contributed by atoms with Crippen molar-refractivity contribution in [2.75, 3.05) is 11.5 Å². The maximum atomic E-state index is 6.13. The van der Waals surface area contributed by atoms with Crippen LogP contribution >= 0.6 is 11.8 Å². The smallest absolute Gasteiger partial charge is 0.191 e. The minimum Gasteiger partial charge on any atom is -0.382 e. The molecule has 0 spiro atoms. The highest BCUT2D eigenvalue weighted by atomic mass is 32.2. The van der Waals surface area contributed by atoms with E-state index >= 15 is 0 Å². The number of nitrogen functional groups attached to an aromatic ring is 1. The number of fused-ring (bicyclic) bond motifs is 1. The third-order valence-corrected chi connectivity index (χ3v) is 5.57. The van der Waals surface area contributed by atoms with Gasteiger partial charge in [-0.25, -0.2) is 15.0 Å². The lowest BCUT2D eigenvalue weighted by atomic mass is 10.1. The van der Waals surface area contributed by atoms with Crippen molar-refractivity contribution in [1.29, 1.82) is 0 Å². The van der Waals surface area contributed by atoms with E-state index in [1.165, 1.54) is 11.1 Å². The maximum absolute atomic E-state index is 6.13. The molecule has 0 saturated heterocycles. The minimum absolute atomic E-state index is 0.453. The largest absolute Gasteiger partial charge is 0.382 e. The van der Waals surface area contributed by atoms with Gasteiger partial charge in [0.1, 0.15) is 5.52 Å². The first-order valence-corrected chi connectivity index (χ1v) is 10.5. The lowest BCUT2D eigenvalue weighted by Gasteiger charge is -2.06. The van der Waals surface area contributed by atoms with Crippen LogP contribution in [0.25, 0.3) is 11.2 Å². The Morgan fingerprint density at radius 2 is 1.54 bits per heavy atom. The molecule has 2 N–H and O–H groups in total. The van der Waals surface area contributed by atoms with Crippen LogP contribution in [0.5, 0.6) is 0 Å². The summed E-state index contributed by atoms with van der Waals surface area (Å²) in [5.41, 5.74) is 10.3. The average Bonchev–Trinajstić information content (AvgIpc) is 3.15. The van der Waals surface area contributed by atoms with E-state index in [0.29, 0.717) is 11.3 Å². The lowest BCUT2D eigenvalue weighted by molar-refractivity contribution is 0.706. The fraction of sp³-hybridized carbons (Fsp3) is 0.227. The van der Waals surface area contributed by atoms with Crippen molar-refractivity contribution in [2.45, 2.75) is 31.0 Å². The number of aryl methyl sites for hydroxylation is 3. The molecule has 5 nitrogen and oxygen atoms in total. The normalized spacial score (nSPS) is 11.1. The van der Waals surface area contributed by atoms with Gasteiger partial charge in [-0.15, -0.1) is 0 Å². The van der Waals surface area contributed by atoms with Crippen molar-refractivity contribution in [3.63, 3.8) is 0 Å². The molecule has 0 aliphatic rings. The standard InChI is InChI=1S/C22H23N5S/c23-20-19-21(27(16-24-19)14-13-18-10-5-2-6-11-18)26-22(25-20)28-15-7-12-17-8-3-1-4-9-17/h1-6,8-11,16H,7,12-15H2,(H2,23,25,26). The SMILES string of the molecule is Nc1nc(SCCCc2ccccc2)nc2c1ncn2CCc1ccccc1. The highest BCUT2D eigenvalue weighted by Gasteiger charge is 2.11. The van der Waals surface area contributed by atoms with Crippen LogP contribution < -0.4 is 5.73 Å². The highest BCUT2D eigenvalue weighted by molar-refractivity contribution is 7.99. The zero-order valence-electron chi connectivity index (χ0n) is 15.7. The Morgan fingerprint density at radius 1 is 0.857 bits per heavy atom. The molecule has 0 saturated carbocycles. The number of anilines is 1. The molecular formula is C22H23N5S. The summed E-state index contributed by atoms with van der Waals surface area (Å²) in [7, 11) is 0.